The molecule has 0 saturated carbocycles. The van der Waals surface area contributed by atoms with Gasteiger partial charge >= 0.3 is 0 Å². The fourth-order valence-corrected chi connectivity index (χ4v) is 3.30. The highest BCUT2D eigenvalue weighted by atomic mass is 16.2. The van der Waals surface area contributed by atoms with Crippen molar-refractivity contribution in [3.05, 3.63) is 23.8 Å². The number of nitrogens with zero attached hydrogens (tertiary/aromatic N) is 1. The lowest BCUT2D eigenvalue weighted by atomic mass is 9.85. The number of carbonyl (C=O) groups excluding carboxylic acids is 2. The fourth-order valence-electron chi connectivity index (χ4n) is 3.30. The largest absolute Gasteiger partial charge is 0.398 e. The molecule has 2 atom stereocenters. The smallest absolute Gasteiger partial charge is 0.250 e. The van der Waals surface area contributed by atoms with E-state index in [-0.39, 0.29) is 11.9 Å². The minimum absolute atomic E-state index is 0.160. The summed E-state index contributed by atoms with van der Waals surface area (Å²) in [6, 6.07) is 5.69. The van der Waals surface area contributed by atoms with E-state index in [0.717, 1.165) is 31.6 Å². The number of anilines is 2. The van der Waals surface area contributed by atoms with Crippen molar-refractivity contribution >= 4 is 23.2 Å². The summed E-state index contributed by atoms with van der Waals surface area (Å²) in [6.07, 6.45) is 2.45. The average molecular weight is 288 g/mol. The number of piperidine rings is 2. The number of hydrogen-bond acceptors (Lipinski definition) is 4. The number of primary amides is 1. The molecule has 2 fully saturated rings. The van der Waals surface area contributed by atoms with Crippen LogP contribution in [0.4, 0.5) is 11.4 Å². The second-order valence-corrected chi connectivity index (χ2v) is 5.84. The van der Waals surface area contributed by atoms with E-state index in [0.29, 0.717) is 23.6 Å². The molecule has 6 heteroatoms. The van der Waals surface area contributed by atoms with Gasteiger partial charge in [0.25, 0.3) is 5.91 Å². The van der Waals surface area contributed by atoms with E-state index in [1.807, 2.05) is 6.07 Å². The van der Waals surface area contributed by atoms with Crippen molar-refractivity contribution in [2.45, 2.75) is 25.3 Å². The average Bonchev–Trinajstić information content (AvgIpc) is 2.47. The Balaban J connectivity index is 1.78. The Labute approximate surface area is 123 Å². The number of rotatable bonds is 2. The first-order valence-electron chi connectivity index (χ1n) is 7.28. The zero-order valence-corrected chi connectivity index (χ0v) is 11.8. The molecule has 2 heterocycles. The summed E-state index contributed by atoms with van der Waals surface area (Å²) in [5.41, 5.74) is 12.9. The van der Waals surface area contributed by atoms with Gasteiger partial charge in [-0.1, -0.05) is 0 Å². The van der Waals surface area contributed by atoms with Gasteiger partial charge in [0.05, 0.1) is 5.56 Å². The molecule has 2 amide bonds. The first kappa shape index (κ1) is 13.7. The first-order chi connectivity index (χ1) is 10.0. The summed E-state index contributed by atoms with van der Waals surface area (Å²) in [6.45, 7) is 1.73. The molecule has 0 aliphatic carbocycles. The third kappa shape index (κ3) is 2.66. The number of benzene rings is 1. The van der Waals surface area contributed by atoms with Crippen molar-refractivity contribution < 1.29 is 9.59 Å². The Morgan fingerprint density at radius 3 is 2.90 bits per heavy atom. The lowest BCUT2D eigenvalue weighted by Crippen LogP contribution is -2.54. The van der Waals surface area contributed by atoms with Gasteiger partial charge in [-0.2, -0.15) is 0 Å². The summed E-state index contributed by atoms with van der Waals surface area (Å²) < 4.78 is 0. The first-order valence-corrected chi connectivity index (χ1v) is 7.28. The van der Waals surface area contributed by atoms with Gasteiger partial charge in [0.2, 0.25) is 5.91 Å². The van der Waals surface area contributed by atoms with Crippen LogP contribution < -0.4 is 21.7 Å². The lowest BCUT2D eigenvalue weighted by molar-refractivity contribution is -0.124. The number of carbonyl (C=O) groups is 2. The Morgan fingerprint density at radius 1 is 1.33 bits per heavy atom. The van der Waals surface area contributed by atoms with E-state index in [9.17, 15) is 9.59 Å². The molecule has 3 rings (SSSR count). The minimum atomic E-state index is -0.505. The van der Waals surface area contributed by atoms with Gasteiger partial charge < -0.3 is 21.7 Å². The van der Waals surface area contributed by atoms with E-state index in [2.05, 4.69) is 10.2 Å². The molecular weight excluding hydrogens is 268 g/mol. The van der Waals surface area contributed by atoms with Crippen molar-refractivity contribution in [3.63, 3.8) is 0 Å². The molecular formula is C15H20N4O2. The second-order valence-electron chi connectivity index (χ2n) is 5.84. The number of nitrogen functional groups attached to an aromatic ring is 1. The third-order valence-electron chi connectivity index (χ3n) is 4.49. The molecule has 5 N–H and O–H groups in total. The zero-order valence-electron chi connectivity index (χ0n) is 11.8. The van der Waals surface area contributed by atoms with Gasteiger partial charge in [-0.3, -0.25) is 9.59 Å². The topological polar surface area (TPSA) is 101 Å². The molecule has 0 aromatic heterocycles. The molecule has 1 aromatic rings. The molecule has 0 bridgehead atoms. The summed E-state index contributed by atoms with van der Waals surface area (Å²) >= 11 is 0. The monoisotopic (exact) mass is 288 g/mol. The molecule has 6 nitrogen and oxygen atoms in total. The third-order valence-corrected chi connectivity index (χ3v) is 4.49. The Kier molecular flexibility index (Phi) is 3.45. The van der Waals surface area contributed by atoms with Crippen LogP contribution in [0.1, 0.15) is 29.6 Å². The van der Waals surface area contributed by atoms with Crippen LogP contribution in [0.15, 0.2) is 18.2 Å². The van der Waals surface area contributed by atoms with Crippen LogP contribution in [0.3, 0.4) is 0 Å². The normalized spacial score (nSPS) is 25.1. The van der Waals surface area contributed by atoms with E-state index in [1.165, 1.54) is 0 Å². The number of fused-ring (bicyclic) bond motifs is 1. The fraction of sp³-hybridized carbons (Fsp3) is 0.467. The van der Waals surface area contributed by atoms with Crippen LogP contribution in [0.2, 0.25) is 0 Å². The van der Waals surface area contributed by atoms with Gasteiger partial charge in [-0.15, -0.1) is 0 Å². The quantitative estimate of drug-likeness (QED) is 0.689. The standard InChI is InChI=1S/C15H20N4O2/c16-12-3-2-10(7-11(12)15(17)21)19-6-5-13-9(8-19)1-4-14(20)18-13/h2-3,7,9,13H,1,4-6,8,16H2,(H2,17,21)(H,18,20). The predicted molar refractivity (Wildman–Crippen MR) is 80.9 cm³/mol. The van der Waals surface area contributed by atoms with Crippen molar-refractivity contribution in [1.82, 2.24) is 5.32 Å². The minimum Gasteiger partial charge on any atom is -0.398 e. The summed E-state index contributed by atoms with van der Waals surface area (Å²) in [5.74, 6) is 0.119. The molecule has 2 aliphatic heterocycles. The highest BCUT2D eigenvalue weighted by Gasteiger charge is 2.33. The summed E-state index contributed by atoms with van der Waals surface area (Å²) in [5, 5.41) is 3.07. The highest BCUT2D eigenvalue weighted by Crippen LogP contribution is 2.30. The van der Waals surface area contributed by atoms with Gasteiger partial charge in [0, 0.05) is 36.9 Å². The van der Waals surface area contributed by atoms with Gasteiger partial charge in [0.1, 0.15) is 0 Å². The van der Waals surface area contributed by atoms with Crippen molar-refractivity contribution in [1.29, 1.82) is 0 Å². The maximum Gasteiger partial charge on any atom is 0.250 e. The predicted octanol–water partition coefficient (Wildman–Crippen LogP) is 0.473. The van der Waals surface area contributed by atoms with E-state index < -0.39 is 5.91 Å². The molecule has 1 aromatic carbocycles. The Bertz CT molecular complexity index is 587. The molecule has 2 unspecified atom stereocenters. The van der Waals surface area contributed by atoms with Gasteiger partial charge in [-0.25, -0.2) is 0 Å². The number of hydrogen-bond donors (Lipinski definition) is 3. The van der Waals surface area contributed by atoms with Gasteiger partial charge in [0.15, 0.2) is 0 Å². The van der Waals surface area contributed by atoms with Crippen LogP contribution in [-0.4, -0.2) is 30.9 Å². The summed E-state index contributed by atoms with van der Waals surface area (Å²) in [4.78, 5) is 25.1. The highest BCUT2D eigenvalue weighted by molar-refractivity contribution is 5.99. The Hall–Kier alpha value is -2.24. The molecule has 2 aliphatic rings. The molecule has 112 valence electrons. The van der Waals surface area contributed by atoms with E-state index in [4.69, 9.17) is 11.5 Å². The molecule has 0 spiro atoms. The maximum atomic E-state index is 11.4. The summed E-state index contributed by atoms with van der Waals surface area (Å²) in [7, 11) is 0. The van der Waals surface area contributed by atoms with Crippen molar-refractivity contribution in [2.24, 2.45) is 11.7 Å². The SMILES string of the molecule is NC(=O)c1cc(N2CCC3NC(=O)CCC3C2)ccc1N. The lowest BCUT2D eigenvalue weighted by Gasteiger charge is -2.42. The second kappa shape index (κ2) is 5.27. The number of nitrogens with two attached hydrogens (primary N) is 2. The van der Waals surface area contributed by atoms with E-state index >= 15 is 0 Å². The van der Waals surface area contributed by atoms with Gasteiger partial charge in [-0.05, 0) is 37.0 Å². The molecule has 2 saturated heterocycles. The van der Waals surface area contributed by atoms with E-state index in [1.54, 1.807) is 12.1 Å². The number of amides is 2. The van der Waals surface area contributed by atoms with Crippen LogP contribution in [0, 0.1) is 5.92 Å². The van der Waals surface area contributed by atoms with Crippen molar-refractivity contribution in [3.8, 4) is 0 Å². The molecule has 21 heavy (non-hydrogen) atoms. The maximum absolute atomic E-state index is 11.4. The van der Waals surface area contributed by atoms with Crippen LogP contribution in [-0.2, 0) is 4.79 Å². The van der Waals surface area contributed by atoms with Crippen LogP contribution >= 0.6 is 0 Å². The number of nitrogens with one attached hydrogen (secondary N) is 1. The van der Waals surface area contributed by atoms with Crippen molar-refractivity contribution in [2.75, 3.05) is 23.7 Å². The zero-order chi connectivity index (χ0) is 15.0. The molecule has 0 radical (unpaired) electrons. The Morgan fingerprint density at radius 2 is 2.14 bits per heavy atom. The van der Waals surface area contributed by atoms with Crippen LogP contribution in [0.25, 0.3) is 0 Å². The van der Waals surface area contributed by atoms with Crippen LogP contribution in [0.5, 0.6) is 0 Å².